The van der Waals surface area contributed by atoms with Gasteiger partial charge in [-0.05, 0) is 10.9 Å². The zero-order chi connectivity index (χ0) is 16.6. The second-order valence-corrected chi connectivity index (χ2v) is 5.94. The summed E-state index contributed by atoms with van der Waals surface area (Å²) in [4.78, 5) is 14.4. The third kappa shape index (κ3) is 3.49. The van der Waals surface area contributed by atoms with Crippen LogP contribution in [0.1, 0.15) is 9.67 Å². The number of aromatic hydroxyl groups is 1. The molecule has 0 atom stereocenters. The number of phenolic OH excluding ortho intramolecular Hbond substituents is 1. The van der Waals surface area contributed by atoms with Gasteiger partial charge < -0.3 is 14.7 Å². The summed E-state index contributed by atoms with van der Waals surface area (Å²) in [5.41, 5.74) is -0.410. The summed E-state index contributed by atoms with van der Waals surface area (Å²) in [7, 11) is 0. The maximum atomic E-state index is 13.9. The molecule has 1 aromatic heterocycles. The van der Waals surface area contributed by atoms with Crippen LogP contribution in [-0.2, 0) is 25.2 Å². The maximum absolute atomic E-state index is 13.9. The molecule has 4 nitrogen and oxygen atoms in total. The first-order valence-electron chi connectivity index (χ1n) is 6.75. The molecule has 1 fully saturated rings. The quantitative estimate of drug-likeness (QED) is 0.482. The van der Waals surface area contributed by atoms with E-state index in [1.807, 2.05) is 6.07 Å². The van der Waals surface area contributed by atoms with E-state index in [1.165, 1.54) is 12.1 Å². The van der Waals surface area contributed by atoms with Crippen LogP contribution < -0.4 is 0 Å². The van der Waals surface area contributed by atoms with Crippen molar-refractivity contribution >= 4 is 17.2 Å². The van der Waals surface area contributed by atoms with Gasteiger partial charge in [0, 0.05) is 33.5 Å². The number of ether oxygens (including phenoxy) is 1. The zero-order valence-corrected chi connectivity index (χ0v) is 15.6. The summed E-state index contributed by atoms with van der Waals surface area (Å²) in [6.45, 7) is 1.81. The van der Waals surface area contributed by atoms with Gasteiger partial charge >= 0.3 is 0 Å². The number of morpholine rings is 1. The van der Waals surface area contributed by atoms with E-state index in [4.69, 9.17) is 4.74 Å². The molecule has 1 aromatic carbocycles. The molecule has 0 spiro atoms. The molecule has 0 saturated carbocycles. The number of halogens is 3. The number of carbonyl (C=O) groups is 1. The second-order valence-electron chi connectivity index (χ2n) is 4.86. The molecule has 2 aromatic rings. The smallest absolute Gasteiger partial charge is 0.263 e. The minimum absolute atomic E-state index is 0. The minimum atomic E-state index is -1.69. The van der Waals surface area contributed by atoms with Gasteiger partial charge in [0.25, 0.3) is 5.91 Å². The van der Waals surface area contributed by atoms with Crippen LogP contribution >= 0.6 is 11.3 Å². The van der Waals surface area contributed by atoms with Gasteiger partial charge in [-0.1, -0.05) is 17.7 Å². The van der Waals surface area contributed by atoms with Gasteiger partial charge in [0.1, 0.15) is 11.6 Å². The van der Waals surface area contributed by atoms with Gasteiger partial charge in [-0.2, -0.15) is 11.3 Å². The van der Waals surface area contributed by atoms with Crippen molar-refractivity contribution in [3.05, 3.63) is 40.5 Å². The number of carbonyl (C=O) groups excluding carboxylic acids is 1. The van der Waals surface area contributed by atoms with E-state index >= 15 is 0 Å². The van der Waals surface area contributed by atoms with Crippen molar-refractivity contribution in [3.8, 4) is 16.2 Å². The first-order valence-corrected chi connectivity index (χ1v) is 7.56. The number of benzene rings is 1. The van der Waals surface area contributed by atoms with E-state index in [9.17, 15) is 23.1 Å². The molecule has 0 unspecified atom stereocenters. The Kier molecular flexibility index (Phi) is 6.04. The van der Waals surface area contributed by atoms with E-state index < -0.39 is 28.8 Å². The van der Waals surface area contributed by atoms with E-state index in [0.29, 0.717) is 31.2 Å². The Labute approximate surface area is 153 Å². The number of thiophene rings is 1. The van der Waals surface area contributed by atoms with Crippen molar-refractivity contribution < 1.29 is 48.2 Å². The molecule has 1 saturated heterocycles. The molecule has 0 aliphatic carbocycles. The van der Waals surface area contributed by atoms with Gasteiger partial charge in [-0.15, -0.1) is 0 Å². The summed E-state index contributed by atoms with van der Waals surface area (Å²) < 4.78 is 45.5. The standard InChI is InChI=1S/C15H11F3NO3S.Re/c16-9-7-8(12(17)14(20)13(9)18)10-1-2-11(23-10)15(21)19-3-5-22-6-4-19;/h1-2,20H,3-6H2;/q-1;. The Morgan fingerprint density at radius 2 is 1.88 bits per heavy atom. The fraction of sp³-hybridized carbons (Fsp3) is 0.267. The Bertz CT molecular complexity index is 763. The number of hydrogen-bond acceptors (Lipinski definition) is 4. The summed E-state index contributed by atoms with van der Waals surface area (Å²) >= 11 is 0.922. The number of hydrogen-bond donors (Lipinski definition) is 1. The van der Waals surface area contributed by atoms with Gasteiger partial charge in [0.2, 0.25) is 0 Å². The molecular weight excluding hydrogens is 517 g/mol. The first-order chi connectivity index (χ1) is 11.0. The normalized spacial score (nSPS) is 14.4. The third-order valence-corrected chi connectivity index (χ3v) is 4.51. The van der Waals surface area contributed by atoms with E-state index in [2.05, 4.69) is 0 Å². The van der Waals surface area contributed by atoms with E-state index in [1.54, 1.807) is 4.90 Å². The van der Waals surface area contributed by atoms with Crippen LogP contribution in [0.15, 0.2) is 12.1 Å². The molecule has 0 bridgehead atoms. The Morgan fingerprint density at radius 1 is 1.21 bits per heavy atom. The van der Waals surface area contributed by atoms with Crippen LogP contribution in [0.5, 0.6) is 5.75 Å². The summed E-state index contributed by atoms with van der Waals surface area (Å²) in [6.07, 6.45) is 0. The number of rotatable bonds is 2. The van der Waals surface area contributed by atoms with Crippen LogP contribution in [0.3, 0.4) is 0 Å². The molecule has 24 heavy (non-hydrogen) atoms. The Morgan fingerprint density at radius 3 is 2.54 bits per heavy atom. The minimum Gasteiger partial charge on any atom is -0.521 e. The summed E-state index contributed by atoms with van der Waals surface area (Å²) in [5.74, 6) is -6.11. The Balaban J connectivity index is 0.00000208. The topological polar surface area (TPSA) is 49.8 Å². The van der Waals surface area contributed by atoms with Gasteiger partial charge in [-0.3, -0.25) is 13.6 Å². The van der Waals surface area contributed by atoms with E-state index in [-0.39, 0.29) is 31.2 Å². The number of nitrogens with zero attached hydrogens (tertiary/aromatic N) is 1. The largest absolute Gasteiger partial charge is 0.521 e. The van der Waals surface area contributed by atoms with Crippen LogP contribution in [-0.4, -0.2) is 42.2 Å². The predicted molar refractivity (Wildman–Crippen MR) is 76.9 cm³/mol. The predicted octanol–water partition coefficient (Wildman–Crippen LogP) is 2.81. The van der Waals surface area contributed by atoms with E-state index in [0.717, 1.165) is 11.3 Å². The molecule has 1 amide bonds. The van der Waals surface area contributed by atoms with Gasteiger partial charge in [0.05, 0.1) is 29.7 Å². The zero-order valence-electron chi connectivity index (χ0n) is 12.1. The van der Waals surface area contributed by atoms with Gasteiger partial charge in [0.15, 0.2) is 0 Å². The average Bonchev–Trinajstić information content (AvgIpc) is 3.06. The molecule has 1 N–H and O–H groups in total. The second kappa shape index (κ2) is 7.66. The van der Waals surface area contributed by atoms with Crippen molar-refractivity contribution in [1.29, 1.82) is 0 Å². The van der Waals surface area contributed by atoms with Crippen molar-refractivity contribution in [2.24, 2.45) is 0 Å². The monoisotopic (exact) mass is 529 g/mol. The third-order valence-electron chi connectivity index (χ3n) is 3.42. The van der Waals surface area contributed by atoms with Gasteiger partial charge in [-0.25, -0.2) is 4.39 Å². The number of amides is 1. The summed E-state index contributed by atoms with van der Waals surface area (Å²) in [5, 5.41) is 9.25. The SMILES string of the molecule is O=C(c1ccc(-c2[c-]c(F)c(F)c(O)c2F)s1)N1CCOCC1.[Re]. The first kappa shape index (κ1) is 18.9. The van der Waals surface area contributed by atoms with Crippen LogP contribution in [0.2, 0.25) is 0 Å². The van der Waals surface area contributed by atoms with Crippen molar-refractivity contribution in [1.82, 2.24) is 4.90 Å². The van der Waals surface area contributed by atoms with Crippen LogP contribution in [0, 0.1) is 23.5 Å². The fourth-order valence-corrected chi connectivity index (χ4v) is 3.19. The molecular formula is C15H11F3NO3ReS-. The van der Waals surface area contributed by atoms with Crippen LogP contribution in [0.25, 0.3) is 10.4 Å². The molecule has 129 valence electrons. The van der Waals surface area contributed by atoms with Crippen molar-refractivity contribution in [2.75, 3.05) is 26.3 Å². The van der Waals surface area contributed by atoms with Crippen LogP contribution in [0.4, 0.5) is 13.2 Å². The fourth-order valence-electron chi connectivity index (χ4n) is 2.22. The molecule has 1 aliphatic rings. The molecule has 1 radical (unpaired) electrons. The molecule has 1 aliphatic heterocycles. The number of phenols is 1. The Hall–Kier alpha value is -1.40. The maximum Gasteiger partial charge on any atom is 0.263 e. The van der Waals surface area contributed by atoms with Crippen molar-refractivity contribution in [2.45, 2.75) is 0 Å². The average molecular weight is 529 g/mol. The molecule has 3 rings (SSSR count). The molecule has 9 heteroatoms. The summed E-state index contributed by atoms with van der Waals surface area (Å²) in [6, 6.07) is 4.80. The van der Waals surface area contributed by atoms with Crippen molar-refractivity contribution in [3.63, 3.8) is 0 Å². The molecule has 2 heterocycles.